The van der Waals surface area contributed by atoms with Crippen LogP contribution in [0.15, 0.2) is 30.3 Å². The van der Waals surface area contributed by atoms with E-state index in [1.54, 1.807) is 32.0 Å². The lowest BCUT2D eigenvalue weighted by molar-refractivity contribution is 0.104. The van der Waals surface area contributed by atoms with Crippen LogP contribution in [0.25, 0.3) is 5.52 Å². The Bertz CT molecular complexity index is 983. The van der Waals surface area contributed by atoms with E-state index in [1.165, 1.54) is 16.6 Å². The predicted octanol–water partition coefficient (Wildman–Crippen LogP) is 4.86. The third-order valence-corrected chi connectivity index (χ3v) is 4.19. The number of aryl methyl sites for hydroxylation is 2. The summed E-state index contributed by atoms with van der Waals surface area (Å²) in [5.74, 6) is 0.200. The Hall–Kier alpha value is -2.80. The van der Waals surface area contributed by atoms with Crippen molar-refractivity contribution in [3.63, 3.8) is 0 Å². The third-order valence-electron chi connectivity index (χ3n) is 3.84. The molecule has 3 aromatic rings. The maximum atomic E-state index is 14.0. The summed E-state index contributed by atoms with van der Waals surface area (Å²) in [5, 5.41) is 4.64. The molecule has 27 heavy (non-hydrogen) atoms. The molecular weight excluding hydrogens is 375 g/mol. The average Bonchev–Trinajstić information content (AvgIpc) is 2.90. The van der Waals surface area contributed by atoms with Crippen LogP contribution in [0.1, 0.15) is 23.7 Å². The zero-order chi connectivity index (χ0) is 19.6. The minimum absolute atomic E-state index is 0.0724. The highest BCUT2D eigenvalue weighted by molar-refractivity contribution is 6.31. The van der Waals surface area contributed by atoms with Gasteiger partial charge in [-0.25, -0.2) is 9.18 Å². The molecule has 142 valence electrons. The van der Waals surface area contributed by atoms with E-state index >= 15 is 0 Å². The molecule has 0 aliphatic heterocycles. The second-order valence-electron chi connectivity index (χ2n) is 5.86. The number of pyridine rings is 1. The van der Waals surface area contributed by atoms with Crippen molar-refractivity contribution in [2.45, 2.75) is 27.4 Å². The van der Waals surface area contributed by atoms with Crippen LogP contribution in [-0.2, 0) is 11.3 Å². The maximum absolute atomic E-state index is 14.0. The summed E-state index contributed by atoms with van der Waals surface area (Å²) in [7, 11) is 0. The molecule has 0 aliphatic carbocycles. The van der Waals surface area contributed by atoms with E-state index in [9.17, 15) is 9.18 Å². The van der Waals surface area contributed by atoms with Crippen molar-refractivity contribution >= 4 is 23.3 Å². The number of benzene rings is 1. The SMILES string of the molecule is CCOC(=O)Oc1c(C)nn2c(OCc3c(F)cccc3Cl)cc(C)cc12. The lowest BCUT2D eigenvalue weighted by Crippen LogP contribution is -2.10. The van der Waals surface area contributed by atoms with E-state index in [0.717, 1.165) is 5.56 Å². The fraction of sp³-hybridized carbons (Fsp3) is 0.263. The van der Waals surface area contributed by atoms with Gasteiger partial charge in [-0.05, 0) is 44.5 Å². The molecular formula is C19H18ClFN2O4. The van der Waals surface area contributed by atoms with Gasteiger partial charge in [-0.2, -0.15) is 9.61 Å². The molecule has 0 spiro atoms. The van der Waals surface area contributed by atoms with Gasteiger partial charge in [0.25, 0.3) is 0 Å². The molecule has 3 rings (SSSR count). The Morgan fingerprint density at radius 3 is 2.78 bits per heavy atom. The normalized spacial score (nSPS) is 10.9. The second kappa shape index (κ2) is 7.84. The van der Waals surface area contributed by atoms with Gasteiger partial charge in [0.1, 0.15) is 23.6 Å². The van der Waals surface area contributed by atoms with E-state index in [-0.39, 0.29) is 29.5 Å². The smallest absolute Gasteiger partial charge is 0.473 e. The maximum Gasteiger partial charge on any atom is 0.513 e. The quantitative estimate of drug-likeness (QED) is 0.580. The van der Waals surface area contributed by atoms with Gasteiger partial charge in [0.05, 0.1) is 11.6 Å². The fourth-order valence-electron chi connectivity index (χ4n) is 2.61. The van der Waals surface area contributed by atoms with E-state index in [0.29, 0.717) is 17.1 Å². The summed E-state index contributed by atoms with van der Waals surface area (Å²) in [5.41, 5.74) is 2.13. The number of ether oxygens (including phenoxy) is 3. The van der Waals surface area contributed by atoms with Crippen molar-refractivity contribution in [1.82, 2.24) is 9.61 Å². The van der Waals surface area contributed by atoms with Crippen LogP contribution in [-0.4, -0.2) is 22.4 Å². The zero-order valence-corrected chi connectivity index (χ0v) is 15.8. The van der Waals surface area contributed by atoms with Crippen LogP contribution in [0.3, 0.4) is 0 Å². The largest absolute Gasteiger partial charge is 0.513 e. The highest BCUT2D eigenvalue weighted by Crippen LogP contribution is 2.30. The topological polar surface area (TPSA) is 62.1 Å². The van der Waals surface area contributed by atoms with E-state index in [4.69, 9.17) is 25.8 Å². The van der Waals surface area contributed by atoms with Crippen LogP contribution < -0.4 is 9.47 Å². The lowest BCUT2D eigenvalue weighted by Gasteiger charge is -2.11. The van der Waals surface area contributed by atoms with Crippen LogP contribution in [0.5, 0.6) is 11.6 Å². The standard InChI is InChI=1S/C19H18ClFN2O4/c1-4-25-19(24)27-18-12(3)22-23-16(18)8-11(2)9-17(23)26-10-13-14(20)6-5-7-15(13)21/h5-9H,4,10H2,1-3H3. The number of fused-ring (bicyclic) bond motifs is 1. The molecule has 0 radical (unpaired) electrons. The van der Waals surface area contributed by atoms with Gasteiger partial charge in [-0.1, -0.05) is 17.7 Å². The number of nitrogens with zero attached hydrogens (tertiary/aromatic N) is 2. The van der Waals surface area contributed by atoms with Gasteiger partial charge in [0.15, 0.2) is 5.75 Å². The first-order valence-electron chi connectivity index (χ1n) is 8.31. The molecule has 0 saturated carbocycles. The molecule has 0 amide bonds. The monoisotopic (exact) mass is 392 g/mol. The van der Waals surface area contributed by atoms with Crippen LogP contribution in [0, 0.1) is 19.7 Å². The first-order chi connectivity index (χ1) is 12.9. The van der Waals surface area contributed by atoms with Crippen molar-refractivity contribution in [3.05, 3.63) is 58.0 Å². The molecule has 6 nitrogen and oxygen atoms in total. The van der Waals surface area contributed by atoms with Crippen molar-refractivity contribution in [3.8, 4) is 11.6 Å². The minimum Gasteiger partial charge on any atom is -0.473 e. The Morgan fingerprint density at radius 1 is 1.30 bits per heavy atom. The van der Waals surface area contributed by atoms with Crippen molar-refractivity contribution in [1.29, 1.82) is 0 Å². The number of hydrogen-bond acceptors (Lipinski definition) is 5. The van der Waals surface area contributed by atoms with E-state index in [1.807, 2.05) is 6.92 Å². The molecule has 8 heteroatoms. The van der Waals surface area contributed by atoms with Gasteiger partial charge >= 0.3 is 6.16 Å². The minimum atomic E-state index is -0.808. The molecule has 0 N–H and O–H groups in total. The summed E-state index contributed by atoms with van der Waals surface area (Å²) < 4.78 is 31.3. The molecule has 2 aromatic heterocycles. The van der Waals surface area contributed by atoms with Crippen LogP contribution in [0.4, 0.5) is 9.18 Å². The van der Waals surface area contributed by atoms with E-state index in [2.05, 4.69) is 5.10 Å². The number of halogens is 2. The number of rotatable bonds is 5. The van der Waals surface area contributed by atoms with Crippen molar-refractivity contribution in [2.75, 3.05) is 6.61 Å². The molecule has 1 aromatic carbocycles. The Morgan fingerprint density at radius 2 is 2.07 bits per heavy atom. The van der Waals surface area contributed by atoms with Crippen molar-refractivity contribution < 1.29 is 23.4 Å². The molecule has 0 unspecified atom stereocenters. The Balaban J connectivity index is 1.95. The number of carbonyl (C=O) groups is 1. The van der Waals surface area contributed by atoms with Crippen molar-refractivity contribution in [2.24, 2.45) is 0 Å². The molecule has 2 heterocycles. The molecule has 0 fully saturated rings. The molecule has 0 aliphatic rings. The van der Waals surface area contributed by atoms with Gasteiger partial charge in [0, 0.05) is 11.6 Å². The third kappa shape index (κ3) is 3.98. The summed E-state index contributed by atoms with van der Waals surface area (Å²) in [4.78, 5) is 11.7. The van der Waals surface area contributed by atoms with E-state index < -0.39 is 12.0 Å². The average molecular weight is 393 g/mol. The van der Waals surface area contributed by atoms with Gasteiger partial charge in [-0.3, -0.25) is 0 Å². The fourth-order valence-corrected chi connectivity index (χ4v) is 2.83. The number of aromatic nitrogens is 2. The summed E-state index contributed by atoms with van der Waals surface area (Å²) in [6.45, 7) is 5.38. The molecule has 0 atom stereocenters. The first kappa shape index (κ1) is 19.0. The number of carbonyl (C=O) groups excluding carboxylic acids is 1. The Labute approximate surface area is 160 Å². The Kier molecular flexibility index (Phi) is 5.51. The summed E-state index contributed by atoms with van der Waals surface area (Å²) in [6, 6.07) is 8.00. The van der Waals surface area contributed by atoms with Gasteiger partial charge in [0.2, 0.25) is 5.88 Å². The zero-order valence-electron chi connectivity index (χ0n) is 15.1. The highest BCUT2D eigenvalue weighted by atomic mass is 35.5. The van der Waals surface area contributed by atoms with Crippen LogP contribution >= 0.6 is 11.6 Å². The molecule has 0 bridgehead atoms. The summed E-state index contributed by atoms with van der Waals surface area (Å²) >= 11 is 6.05. The number of hydrogen-bond donors (Lipinski definition) is 0. The summed E-state index contributed by atoms with van der Waals surface area (Å²) in [6.07, 6.45) is -0.808. The van der Waals surface area contributed by atoms with Crippen LogP contribution in [0.2, 0.25) is 5.02 Å². The second-order valence-corrected chi connectivity index (χ2v) is 6.26. The predicted molar refractivity (Wildman–Crippen MR) is 98.1 cm³/mol. The molecule has 0 saturated heterocycles. The lowest BCUT2D eigenvalue weighted by atomic mass is 10.2. The highest BCUT2D eigenvalue weighted by Gasteiger charge is 2.19. The van der Waals surface area contributed by atoms with Gasteiger partial charge < -0.3 is 14.2 Å². The van der Waals surface area contributed by atoms with Gasteiger partial charge in [-0.15, -0.1) is 0 Å². The first-order valence-corrected chi connectivity index (χ1v) is 8.68.